The molecule has 0 saturated carbocycles. The zero-order valence-electron chi connectivity index (χ0n) is 12.7. The first-order chi connectivity index (χ1) is 11.1. The topological polar surface area (TPSA) is 120 Å². The number of benzene rings is 1. The largest absolute Gasteiger partial charge is 0.488 e. The first-order valence-corrected chi connectivity index (χ1v) is 6.92. The fourth-order valence-corrected chi connectivity index (χ4v) is 2.24. The molecule has 8 heteroatoms. The molecule has 0 bridgehead atoms. The van der Waals surface area contributed by atoms with Gasteiger partial charge in [0.2, 0.25) is 0 Å². The summed E-state index contributed by atoms with van der Waals surface area (Å²) in [6, 6.07) is 7.22. The molecule has 2 heterocycles. The molecule has 3 aromatic rings. The lowest BCUT2D eigenvalue weighted by atomic mass is 10.1. The summed E-state index contributed by atoms with van der Waals surface area (Å²) in [4.78, 5) is 11.4. The average molecular weight is 313 g/mol. The number of para-hydroxylation sites is 1. The summed E-state index contributed by atoms with van der Waals surface area (Å²) in [5, 5.41) is 14.1. The molecule has 2 aromatic heterocycles. The number of hydrogen-bond acceptors (Lipinski definition) is 6. The lowest BCUT2D eigenvalue weighted by Crippen LogP contribution is -2.13. The van der Waals surface area contributed by atoms with Crippen LogP contribution in [0, 0.1) is 13.8 Å². The maximum atomic E-state index is 11.4. The summed E-state index contributed by atoms with van der Waals surface area (Å²) in [5.41, 5.74) is 8.02. The van der Waals surface area contributed by atoms with Crippen molar-refractivity contribution in [2.75, 3.05) is 0 Å². The SMILES string of the molecule is Cc1noc(C)c1COc1ccccc1-c1n[nH]nc1C(N)=O. The predicted molar refractivity (Wildman–Crippen MR) is 80.6 cm³/mol. The second kappa shape index (κ2) is 5.91. The zero-order valence-corrected chi connectivity index (χ0v) is 12.7. The molecule has 0 unspecified atom stereocenters. The number of aromatic amines is 1. The van der Waals surface area contributed by atoms with Gasteiger partial charge in [-0.15, -0.1) is 0 Å². The van der Waals surface area contributed by atoms with Crippen LogP contribution in [-0.4, -0.2) is 26.5 Å². The molecule has 0 fully saturated rings. The number of ether oxygens (including phenoxy) is 1. The van der Waals surface area contributed by atoms with Crippen LogP contribution in [0.3, 0.4) is 0 Å². The standard InChI is InChI=1S/C15H15N5O3/c1-8-11(9(2)23-19-8)7-22-12-6-4-3-5-10(12)13-14(15(16)21)18-20-17-13/h3-6H,7H2,1-2H3,(H2,16,21)(H,17,18,20). The van der Waals surface area contributed by atoms with Crippen molar-refractivity contribution in [1.82, 2.24) is 20.6 Å². The van der Waals surface area contributed by atoms with Crippen LogP contribution < -0.4 is 10.5 Å². The van der Waals surface area contributed by atoms with Gasteiger partial charge in [0.25, 0.3) is 5.91 Å². The van der Waals surface area contributed by atoms with Gasteiger partial charge in [-0.3, -0.25) is 4.79 Å². The molecule has 0 aliphatic rings. The minimum absolute atomic E-state index is 0.0680. The van der Waals surface area contributed by atoms with Crippen molar-refractivity contribution in [3.63, 3.8) is 0 Å². The van der Waals surface area contributed by atoms with E-state index in [2.05, 4.69) is 20.6 Å². The van der Waals surface area contributed by atoms with Crippen molar-refractivity contribution in [3.05, 3.63) is 47.0 Å². The van der Waals surface area contributed by atoms with Crippen LogP contribution in [0.15, 0.2) is 28.8 Å². The van der Waals surface area contributed by atoms with Gasteiger partial charge in [0.1, 0.15) is 23.8 Å². The Morgan fingerprint density at radius 2 is 2.09 bits per heavy atom. The lowest BCUT2D eigenvalue weighted by molar-refractivity contribution is 0.0996. The number of H-pyrrole nitrogens is 1. The van der Waals surface area contributed by atoms with Gasteiger partial charge in [0.05, 0.1) is 11.3 Å². The highest BCUT2D eigenvalue weighted by Crippen LogP contribution is 2.30. The minimum atomic E-state index is -0.658. The molecule has 0 aliphatic heterocycles. The molecule has 1 aromatic carbocycles. The van der Waals surface area contributed by atoms with Crippen LogP contribution in [0.5, 0.6) is 5.75 Å². The zero-order chi connectivity index (χ0) is 16.4. The third kappa shape index (κ3) is 2.78. The Bertz CT molecular complexity index is 833. The minimum Gasteiger partial charge on any atom is -0.488 e. The number of aryl methyl sites for hydroxylation is 2. The smallest absolute Gasteiger partial charge is 0.271 e. The lowest BCUT2D eigenvalue weighted by Gasteiger charge is -2.10. The number of nitrogens with zero attached hydrogens (tertiary/aromatic N) is 3. The van der Waals surface area contributed by atoms with Crippen LogP contribution in [0.4, 0.5) is 0 Å². The number of carbonyl (C=O) groups is 1. The maximum absolute atomic E-state index is 11.4. The van der Waals surface area contributed by atoms with Crippen LogP contribution >= 0.6 is 0 Å². The van der Waals surface area contributed by atoms with E-state index < -0.39 is 5.91 Å². The Morgan fingerprint density at radius 3 is 2.78 bits per heavy atom. The normalized spacial score (nSPS) is 10.7. The van der Waals surface area contributed by atoms with E-state index >= 15 is 0 Å². The fourth-order valence-electron chi connectivity index (χ4n) is 2.24. The Labute approximate surface area is 131 Å². The van der Waals surface area contributed by atoms with E-state index in [4.69, 9.17) is 15.0 Å². The number of nitrogens with one attached hydrogen (secondary N) is 1. The Balaban J connectivity index is 1.92. The number of aromatic nitrogens is 4. The van der Waals surface area contributed by atoms with Gasteiger partial charge in [-0.2, -0.15) is 15.4 Å². The monoisotopic (exact) mass is 313 g/mol. The molecule has 0 saturated heterocycles. The van der Waals surface area contributed by atoms with Crippen LogP contribution in [-0.2, 0) is 6.61 Å². The van der Waals surface area contributed by atoms with Crippen molar-refractivity contribution in [2.45, 2.75) is 20.5 Å². The molecule has 1 amide bonds. The van der Waals surface area contributed by atoms with E-state index in [0.29, 0.717) is 29.4 Å². The highest BCUT2D eigenvalue weighted by Gasteiger charge is 2.19. The second-order valence-corrected chi connectivity index (χ2v) is 4.97. The first kappa shape index (κ1) is 14.8. The third-order valence-electron chi connectivity index (χ3n) is 3.48. The van der Waals surface area contributed by atoms with Crippen molar-refractivity contribution < 1.29 is 14.1 Å². The number of nitrogens with two attached hydrogens (primary N) is 1. The molecule has 8 nitrogen and oxygen atoms in total. The highest BCUT2D eigenvalue weighted by atomic mass is 16.5. The van der Waals surface area contributed by atoms with Crippen LogP contribution in [0.25, 0.3) is 11.3 Å². The van der Waals surface area contributed by atoms with E-state index in [-0.39, 0.29) is 5.69 Å². The summed E-state index contributed by atoms with van der Waals surface area (Å²) < 4.78 is 11.0. The van der Waals surface area contributed by atoms with Crippen LogP contribution in [0.2, 0.25) is 0 Å². The molecule has 3 N–H and O–H groups in total. The number of rotatable bonds is 5. The van der Waals surface area contributed by atoms with E-state index in [0.717, 1.165) is 11.3 Å². The molecule has 118 valence electrons. The molecule has 3 rings (SSSR count). The third-order valence-corrected chi connectivity index (χ3v) is 3.48. The predicted octanol–water partition coefficient (Wildman–Crippen LogP) is 1.75. The molecule has 23 heavy (non-hydrogen) atoms. The molecule has 0 radical (unpaired) electrons. The van der Waals surface area contributed by atoms with E-state index in [1.165, 1.54) is 0 Å². The van der Waals surface area contributed by atoms with Crippen LogP contribution in [0.1, 0.15) is 27.5 Å². The van der Waals surface area contributed by atoms with Gasteiger partial charge in [-0.1, -0.05) is 17.3 Å². The summed E-state index contributed by atoms with van der Waals surface area (Å²) >= 11 is 0. The van der Waals surface area contributed by atoms with E-state index in [1.54, 1.807) is 12.1 Å². The van der Waals surface area contributed by atoms with E-state index in [1.807, 2.05) is 26.0 Å². The van der Waals surface area contributed by atoms with Gasteiger partial charge < -0.3 is 15.0 Å². The Morgan fingerprint density at radius 1 is 1.30 bits per heavy atom. The number of amides is 1. The summed E-state index contributed by atoms with van der Waals surface area (Å²) in [6.45, 7) is 3.97. The van der Waals surface area contributed by atoms with Gasteiger partial charge in [-0.25, -0.2) is 0 Å². The highest BCUT2D eigenvalue weighted by molar-refractivity contribution is 5.97. The Hall–Kier alpha value is -3.16. The van der Waals surface area contributed by atoms with Crippen molar-refractivity contribution in [2.24, 2.45) is 5.73 Å². The van der Waals surface area contributed by atoms with E-state index in [9.17, 15) is 4.79 Å². The van der Waals surface area contributed by atoms with Crippen molar-refractivity contribution in [3.8, 4) is 17.0 Å². The molecular formula is C15H15N5O3. The quantitative estimate of drug-likeness (QED) is 0.740. The molecule has 0 spiro atoms. The van der Waals surface area contributed by atoms with Crippen molar-refractivity contribution >= 4 is 5.91 Å². The average Bonchev–Trinajstić information content (AvgIpc) is 3.14. The summed E-state index contributed by atoms with van der Waals surface area (Å²) in [6.07, 6.45) is 0. The fraction of sp³-hybridized carbons (Fsp3) is 0.200. The molecule has 0 atom stereocenters. The Kier molecular flexibility index (Phi) is 3.80. The van der Waals surface area contributed by atoms with Gasteiger partial charge in [-0.05, 0) is 26.0 Å². The molecular weight excluding hydrogens is 298 g/mol. The molecule has 0 aliphatic carbocycles. The summed E-state index contributed by atoms with van der Waals surface area (Å²) in [7, 11) is 0. The maximum Gasteiger partial charge on any atom is 0.271 e. The number of primary amides is 1. The second-order valence-electron chi connectivity index (χ2n) is 4.97. The first-order valence-electron chi connectivity index (χ1n) is 6.92. The van der Waals surface area contributed by atoms with Gasteiger partial charge >= 0.3 is 0 Å². The number of carbonyl (C=O) groups excluding carboxylic acids is 1. The summed E-state index contributed by atoms with van der Waals surface area (Å²) in [5.74, 6) is 0.609. The van der Waals surface area contributed by atoms with Crippen molar-refractivity contribution in [1.29, 1.82) is 0 Å². The van der Waals surface area contributed by atoms with Gasteiger partial charge in [0, 0.05) is 5.56 Å². The number of hydrogen-bond donors (Lipinski definition) is 2. The van der Waals surface area contributed by atoms with Gasteiger partial charge in [0.15, 0.2) is 5.69 Å².